The van der Waals surface area contributed by atoms with Crippen LogP contribution < -0.4 is 0 Å². The van der Waals surface area contributed by atoms with E-state index < -0.39 is 0 Å². The zero-order valence-electron chi connectivity index (χ0n) is 6.92. The van der Waals surface area contributed by atoms with Crippen molar-refractivity contribution in [2.75, 3.05) is 13.6 Å². The molecule has 0 unspecified atom stereocenters. The topological polar surface area (TPSA) is 20.3 Å². The molecule has 0 saturated carbocycles. The number of rotatable bonds is 3. The lowest BCUT2D eigenvalue weighted by molar-refractivity contribution is -0.124. The molecule has 0 rings (SSSR count). The van der Waals surface area contributed by atoms with Crippen LogP contribution in [0.1, 0.15) is 20.3 Å². The molecule has 0 aliphatic heterocycles. The van der Waals surface area contributed by atoms with Crippen molar-refractivity contribution in [1.29, 1.82) is 0 Å². The van der Waals surface area contributed by atoms with E-state index in [1.54, 1.807) is 18.0 Å². The largest absolute Gasteiger partial charge is 0.343 e. The summed E-state index contributed by atoms with van der Waals surface area (Å²) in [5, 5.41) is 0. The standard InChI is InChI=1S/C8H15NO/c1-4-6-7-8(10)9(3)5-2/h6-7H,4-5H2,1-3H3. The van der Waals surface area contributed by atoms with Crippen LogP contribution in [0.4, 0.5) is 0 Å². The van der Waals surface area contributed by atoms with E-state index in [1.807, 2.05) is 19.9 Å². The quantitative estimate of drug-likeness (QED) is 0.544. The summed E-state index contributed by atoms with van der Waals surface area (Å²) >= 11 is 0. The second-order valence-corrected chi connectivity index (χ2v) is 2.16. The minimum atomic E-state index is 0.0874. The van der Waals surface area contributed by atoms with Crippen molar-refractivity contribution in [1.82, 2.24) is 4.90 Å². The monoisotopic (exact) mass is 141 g/mol. The summed E-state index contributed by atoms with van der Waals surface area (Å²) in [5.41, 5.74) is 0. The van der Waals surface area contributed by atoms with Gasteiger partial charge in [-0.05, 0) is 19.4 Å². The summed E-state index contributed by atoms with van der Waals surface area (Å²) in [6, 6.07) is 0. The van der Waals surface area contributed by atoms with Crippen molar-refractivity contribution in [3.8, 4) is 0 Å². The van der Waals surface area contributed by atoms with Crippen molar-refractivity contribution in [2.24, 2.45) is 0 Å². The Labute approximate surface area is 62.5 Å². The Morgan fingerprint density at radius 2 is 2.10 bits per heavy atom. The number of likely N-dealkylation sites (N-methyl/N-ethyl adjacent to an activating group) is 1. The molecule has 0 bridgehead atoms. The fourth-order valence-electron chi connectivity index (χ4n) is 0.502. The lowest BCUT2D eigenvalue weighted by Gasteiger charge is -2.10. The first-order chi connectivity index (χ1) is 4.72. The average molecular weight is 141 g/mol. The molecule has 0 aromatic heterocycles. The smallest absolute Gasteiger partial charge is 0.245 e. The molecule has 0 aliphatic carbocycles. The number of amides is 1. The van der Waals surface area contributed by atoms with Crippen LogP contribution in [0.3, 0.4) is 0 Å². The lowest BCUT2D eigenvalue weighted by Crippen LogP contribution is -2.23. The highest BCUT2D eigenvalue weighted by Crippen LogP contribution is 1.87. The lowest BCUT2D eigenvalue weighted by atomic mass is 10.4. The molecule has 0 saturated heterocycles. The predicted octanol–water partition coefficient (Wildman–Crippen LogP) is 1.43. The molecular formula is C8H15NO. The van der Waals surface area contributed by atoms with Crippen molar-refractivity contribution >= 4 is 5.91 Å². The van der Waals surface area contributed by atoms with Crippen LogP contribution in [0, 0.1) is 0 Å². The van der Waals surface area contributed by atoms with Crippen molar-refractivity contribution < 1.29 is 4.79 Å². The number of hydrogen-bond donors (Lipinski definition) is 0. The Morgan fingerprint density at radius 3 is 2.50 bits per heavy atom. The number of carbonyl (C=O) groups excluding carboxylic acids is 1. The molecule has 2 nitrogen and oxygen atoms in total. The van der Waals surface area contributed by atoms with Gasteiger partial charge in [0.25, 0.3) is 0 Å². The average Bonchev–Trinajstić information content (AvgIpc) is 1.98. The van der Waals surface area contributed by atoms with Crippen LogP contribution in [0.5, 0.6) is 0 Å². The first kappa shape index (κ1) is 9.21. The van der Waals surface area contributed by atoms with Gasteiger partial charge in [0.1, 0.15) is 0 Å². The normalized spacial score (nSPS) is 10.3. The number of nitrogens with zero attached hydrogens (tertiary/aromatic N) is 1. The van der Waals surface area contributed by atoms with E-state index in [1.165, 1.54) is 0 Å². The van der Waals surface area contributed by atoms with Gasteiger partial charge in [0, 0.05) is 13.6 Å². The summed E-state index contributed by atoms with van der Waals surface area (Å²) in [6.07, 6.45) is 4.40. The molecule has 0 aliphatic rings. The Hall–Kier alpha value is -0.790. The summed E-state index contributed by atoms with van der Waals surface area (Å²) in [6.45, 7) is 4.74. The van der Waals surface area contributed by atoms with Gasteiger partial charge in [0.2, 0.25) is 5.91 Å². The maximum Gasteiger partial charge on any atom is 0.245 e. The highest BCUT2D eigenvalue weighted by molar-refractivity contribution is 5.87. The highest BCUT2D eigenvalue weighted by atomic mass is 16.2. The molecule has 0 heterocycles. The van der Waals surface area contributed by atoms with Crippen molar-refractivity contribution in [2.45, 2.75) is 20.3 Å². The van der Waals surface area contributed by atoms with Crippen molar-refractivity contribution in [3.63, 3.8) is 0 Å². The van der Waals surface area contributed by atoms with E-state index in [0.29, 0.717) is 0 Å². The zero-order valence-corrected chi connectivity index (χ0v) is 6.92. The third kappa shape index (κ3) is 3.28. The van der Waals surface area contributed by atoms with Gasteiger partial charge in [0.15, 0.2) is 0 Å². The van der Waals surface area contributed by atoms with E-state index in [9.17, 15) is 4.79 Å². The van der Waals surface area contributed by atoms with Crippen LogP contribution >= 0.6 is 0 Å². The Morgan fingerprint density at radius 1 is 1.50 bits per heavy atom. The molecule has 0 aromatic rings. The van der Waals surface area contributed by atoms with E-state index >= 15 is 0 Å². The molecule has 0 aromatic carbocycles. The van der Waals surface area contributed by atoms with Gasteiger partial charge in [-0.1, -0.05) is 13.0 Å². The first-order valence-electron chi connectivity index (χ1n) is 3.64. The second-order valence-electron chi connectivity index (χ2n) is 2.16. The molecule has 0 fully saturated rings. The maximum absolute atomic E-state index is 11.0. The van der Waals surface area contributed by atoms with E-state index in [4.69, 9.17) is 0 Å². The minimum Gasteiger partial charge on any atom is -0.343 e. The fourth-order valence-corrected chi connectivity index (χ4v) is 0.502. The zero-order chi connectivity index (χ0) is 7.98. The molecule has 0 radical (unpaired) electrons. The highest BCUT2D eigenvalue weighted by Gasteiger charge is 1.98. The number of hydrogen-bond acceptors (Lipinski definition) is 1. The van der Waals surface area contributed by atoms with Gasteiger partial charge in [0.05, 0.1) is 0 Å². The van der Waals surface area contributed by atoms with Gasteiger partial charge >= 0.3 is 0 Å². The summed E-state index contributed by atoms with van der Waals surface area (Å²) in [7, 11) is 1.79. The molecule has 2 heteroatoms. The maximum atomic E-state index is 11.0. The van der Waals surface area contributed by atoms with Crippen LogP contribution in [-0.2, 0) is 4.79 Å². The second kappa shape index (κ2) is 5.03. The third-order valence-corrected chi connectivity index (χ3v) is 1.35. The molecule has 0 atom stereocenters. The van der Waals surface area contributed by atoms with E-state index in [0.717, 1.165) is 13.0 Å². The van der Waals surface area contributed by atoms with Crippen LogP contribution in [0.15, 0.2) is 12.2 Å². The Balaban J connectivity index is 3.72. The fraction of sp³-hybridized carbons (Fsp3) is 0.625. The summed E-state index contributed by atoms with van der Waals surface area (Å²) in [5.74, 6) is 0.0874. The van der Waals surface area contributed by atoms with Crippen LogP contribution in [0.2, 0.25) is 0 Å². The predicted molar refractivity (Wildman–Crippen MR) is 42.7 cm³/mol. The molecular weight excluding hydrogens is 126 g/mol. The third-order valence-electron chi connectivity index (χ3n) is 1.35. The number of allylic oxidation sites excluding steroid dienone is 1. The van der Waals surface area contributed by atoms with Gasteiger partial charge in [-0.2, -0.15) is 0 Å². The molecule has 0 spiro atoms. The Bertz CT molecular complexity index is 129. The van der Waals surface area contributed by atoms with Gasteiger partial charge < -0.3 is 4.90 Å². The minimum absolute atomic E-state index is 0.0874. The van der Waals surface area contributed by atoms with Crippen LogP contribution in [-0.4, -0.2) is 24.4 Å². The Kier molecular flexibility index (Phi) is 4.63. The molecule has 58 valence electrons. The van der Waals surface area contributed by atoms with Gasteiger partial charge in [-0.15, -0.1) is 0 Å². The van der Waals surface area contributed by atoms with Crippen LogP contribution in [0.25, 0.3) is 0 Å². The van der Waals surface area contributed by atoms with E-state index in [2.05, 4.69) is 0 Å². The SMILES string of the molecule is CCC=CC(=O)N(C)CC. The van der Waals surface area contributed by atoms with Gasteiger partial charge in [-0.3, -0.25) is 4.79 Å². The molecule has 1 amide bonds. The van der Waals surface area contributed by atoms with E-state index in [-0.39, 0.29) is 5.91 Å². The van der Waals surface area contributed by atoms with Gasteiger partial charge in [-0.25, -0.2) is 0 Å². The number of carbonyl (C=O) groups is 1. The first-order valence-corrected chi connectivity index (χ1v) is 3.64. The summed E-state index contributed by atoms with van der Waals surface area (Å²) in [4.78, 5) is 12.6. The molecule has 0 N–H and O–H groups in total. The molecule has 10 heavy (non-hydrogen) atoms. The van der Waals surface area contributed by atoms with Crippen molar-refractivity contribution in [3.05, 3.63) is 12.2 Å². The summed E-state index contributed by atoms with van der Waals surface area (Å²) < 4.78 is 0.